The standard InChI is InChI=1S/C12H19N7O/c1-7-8(2)18-19(9(7)3)6-11(20)14-5-4-10-15-12(13)17-16-10/h4-6H2,1-3H3,(H,14,20)(H3,13,15,16,17). The lowest BCUT2D eigenvalue weighted by Gasteiger charge is -2.06. The number of amides is 1. The Bertz CT molecular complexity index is 613. The van der Waals surface area contributed by atoms with E-state index in [2.05, 4.69) is 25.6 Å². The predicted octanol–water partition coefficient (Wildman–Crippen LogP) is -0.132. The van der Waals surface area contributed by atoms with Crippen molar-refractivity contribution in [2.75, 3.05) is 12.3 Å². The van der Waals surface area contributed by atoms with Crippen LogP contribution in [0, 0.1) is 20.8 Å². The lowest BCUT2D eigenvalue weighted by molar-refractivity contribution is -0.121. The Hall–Kier alpha value is -2.38. The number of carbonyl (C=O) groups excluding carboxylic acids is 1. The monoisotopic (exact) mass is 277 g/mol. The van der Waals surface area contributed by atoms with Crippen LogP contribution in [-0.2, 0) is 17.8 Å². The molecule has 1 amide bonds. The lowest BCUT2D eigenvalue weighted by atomic mass is 10.2. The zero-order chi connectivity index (χ0) is 14.7. The van der Waals surface area contributed by atoms with Gasteiger partial charge in [0.25, 0.3) is 0 Å². The highest BCUT2D eigenvalue weighted by atomic mass is 16.2. The van der Waals surface area contributed by atoms with Gasteiger partial charge in [0.1, 0.15) is 12.4 Å². The fourth-order valence-electron chi connectivity index (χ4n) is 1.87. The Morgan fingerprint density at radius 3 is 2.70 bits per heavy atom. The maximum absolute atomic E-state index is 11.8. The Balaban J connectivity index is 1.82. The number of rotatable bonds is 5. The molecule has 0 saturated heterocycles. The van der Waals surface area contributed by atoms with E-state index in [-0.39, 0.29) is 18.4 Å². The molecule has 0 aromatic carbocycles. The van der Waals surface area contributed by atoms with Gasteiger partial charge in [0.15, 0.2) is 0 Å². The summed E-state index contributed by atoms with van der Waals surface area (Å²) in [5, 5.41) is 13.6. The Labute approximate surface area is 116 Å². The summed E-state index contributed by atoms with van der Waals surface area (Å²) in [5.41, 5.74) is 8.48. The summed E-state index contributed by atoms with van der Waals surface area (Å²) < 4.78 is 1.71. The Morgan fingerprint density at radius 2 is 2.15 bits per heavy atom. The quantitative estimate of drug-likeness (QED) is 0.704. The van der Waals surface area contributed by atoms with E-state index >= 15 is 0 Å². The molecule has 0 aliphatic carbocycles. The fraction of sp³-hybridized carbons (Fsp3) is 0.500. The first-order valence-electron chi connectivity index (χ1n) is 6.41. The Kier molecular flexibility index (Phi) is 4.02. The second-order valence-electron chi connectivity index (χ2n) is 4.69. The summed E-state index contributed by atoms with van der Waals surface area (Å²) in [6, 6.07) is 0. The second-order valence-corrected chi connectivity index (χ2v) is 4.69. The highest BCUT2D eigenvalue weighted by Crippen LogP contribution is 2.10. The van der Waals surface area contributed by atoms with Gasteiger partial charge in [0, 0.05) is 18.7 Å². The molecule has 8 nitrogen and oxygen atoms in total. The number of anilines is 1. The predicted molar refractivity (Wildman–Crippen MR) is 73.9 cm³/mol. The minimum Gasteiger partial charge on any atom is -0.367 e. The lowest BCUT2D eigenvalue weighted by Crippen LogP contribution is -2.30. The van der Waals surface area contributed by atoms with E-state index in [1.807, 2.05) is 20.8 Å². The van der Waals surface area contributed by atoms with Crippen molar-refractivity contribution in [3.8, 4) is 0 Å². The summed E-state index contributed by atoms with van der Waals surface area (Å²) in [6.45, 7) is 6.59. The molecule has 108 valence electrons. The average molecular weight is 277 g/mol. The van der Waals surface area contributed by atoms with Gasteiger partial charge in [-0.25, -0.2) is 0 Å². The number of nitrogens with zero attached hydrogens (tertiary/aromatic N) is 4. The van der Waals surface area contributed by atoms with Crippen LogP contribution < -0.4 is 11.1 Å². The summed E-state index contributed by atoms with van der Waals surface area (Å²) >= 11 is 0. The van der Waals surface area contributed by atoms with Gasteiger partial charge in [-0.1, -0.05) is 0 Å². The van der Waals surface area contributed by atoms with Gasteiger partial charge in [-0.3, -0.25) is 14.6 Å². The first-order valence-corrected chi connectivity index (χ1v) is 6.41. The van der Waals surface area contributed by atoms with Crippen molar-refractivity contribution in [1.29, 1.82) is 0 Å². The third-order valence-corrected chi connectivity index (χ3v) is 3.27. The minimum atomic E-state index is -0.0805. The number of H-pyrrole nitrogens is 1. The van der Waals surface area contributed by atoms with E-state index in [1.165, 1.54) is 0 Å². The van der Waals surface area contributed by atoms with Crippen LogP contribution in [0.2, 0.25) is 0 Å². The van der Waals surface area contributed by atoms with Crippen LogP contribution in [0.3, 0.4) is 0 Å². The molecule has 2 aromatic heterocycles. The van der Waals surface area contributed by atoms with Gasteiger partial charge in [-0.2, -0.15) is 10.1 Å². The maximum Gasteiger partial charge on any atom is 0.241 e. The molecule has 0 fully saturated rings. The van der Waals surface area contributed by atoms with E-state index < -0.39 is 0 Å². The molecule has 0 unspecified atom stereocenters. The third kappa shape index (κ3) is 3.14. The molecular weight excluding hydrogens is 258 g/mol. The van der Waals surface area contributed by atoms with Crippen molar-refractivity contribution in [3.05, 3.63) is 22.8 Å². The van der Waals surface area contributed by atoms with Crippen molar-refractivity contribution in [2.24, 2.45) is 0 Å². The molecule has 2 aromatic rings. The van der Waals surface area contributed by atoms with Gasteiger partial charge in [0.2, 0.25) is 11.9 Å². The van der Waals surface area contributed by atoms with E-state index in [9.17, 15) is 4.79 Å². The van der Waals surface area contributed by atoms with E-state index in [0.29, 0.717) is 18.8 Å². The highest BCUT2D eigenvalue weighted by molar-refractivity contribution is 5.75. The molecule has 2 heterocycles. The molecule has 0 bridgehead atoms. The van der Waals surface area contributed by atoms with E-state index in [0.717, 1.165) is 17.0 Å². The molecule has 0 saturated carbocycles. The molecule has 0 spiro atoms. The minimum absolute atomic E-state index is 0.0805. The van der Waals surface area contributed by atoms with Gasteiger partial charge < -0.3 is 11.1 Å². The van der Waals surface area contributed by atoms with Gasteiger partial charge in [-0.05, 0) is 26.3 Å². The summed E-state index contributed by atoms with van der Waals surface area (Å²) in [7, 11) is 0. The number of nitrogens with two attached hydrogens (primary N) is 1. The van der Waals surface area contributed by atoms with Crippen LogP contribution in [0.1, 0.15) is 22.8 Å². The van der Waals surface area contributed by atoms with Crippen molar-refractivity contribution < 1.29 is 4.79 Å². The molecule has 0 atom stereocenters. The number of carbonyl (C=O) groups is 1. The summed E-state index contributed by atoms with van der Waals surface area (Å²) in [4.78, 5) is 15.8. The van der Waals surface area contributed by atoms with E-state index in [4.69, 9.17) is 5.73 Å². The van der Waals surface area contributed by atoms with Crippen LogP contribution >= 0.6 is 0 Å². The van der Waals surface area contributed by atoms with Crippen molar-refractivity contribution >= 4 is 11.9 Å². The van der Waals surface area contributed by atoms with Gasteiger partial charge >= 0.3 is 0 Å². The number of hydrogen-bond donors (Lipinski definition) is 3. The summed E-state index contributed by atoms with van der Waals surface area (Å²) in [5.74, 6) is 0.789. The van der Waals surface area contributed by atoms with Gasteiger partial charge in [0.05, 0.1) is 5.69 Å². The SMILES string of the molecule is Cc1nn(CC(=O)NCCc2nc(N)n[nH]2)c(C)c1C. The first-order chi connectivity index (χ1) is 9.47. The largest absolute Gasteiger partial charge is 0.367 e. The number of aromatic nitrogens is 5. The average Bonchev–Trinajstić information content (AvgIpc) is 2.90. The third-order valence-electron chi connectivity index (χ3n) is 3.27. The molecule has 0 aliphatic heterocycles. The zero-order valence-corrected chi connectivity index (χ0v) is 11.9. The second kappa shape index (κ2) is 5.72. The fourth-order valence-corrected chi connectivity index (χ4v) is 1.87. The van der Waals surface area contributed by atoms with Crippen molar-refractivity contribution in [1.82, 2.24) is 30.3 Å². The number of aromatic amines is 1. The highest BCUT2D eigenvalue weighted by Gasteiger charge is 2.10. The van der Waals surface area contributed by atoms with Crippen LogP contribution in [0.5, 0.6) is 0 Å². The molecule has 4 N–H and O–H groups in total. The van der Waals surface area contributed by atoms with Gasteiger partial charge in [-0.15, -0.1) is 5.10 Å². The molecular formula is C12H19N7O. The topological polar surface area (TPSA) is 115 Å². The number of hydrogen-bond acceptors (Lipinski definition) is 5. The van der Waals surface area contributed by atoms with Crippen LogP contribution in [-0.4, -0.2) is 37.4 Å². The number of nitrogen functional groups attached to an aromatic ring is 1. The van der Waals surface area contributed by atoms with Crippen LogP contribution in [0.4, 0.5) is 5.95 Å². The zero-order valence-electron chi connectivity index (χ0n) is 11.9. The molecule has 0 aliphatic rings. The van der Waals surface area contributed by atoms with Crippen molar-refractivity contribution in [3.63, 3.8) is 0 Å². The maximum atomic E-state index is 11.8. The smallest absolute Gasteiger partial charge is 0.241 e. The van der Waals surface area contributed by atoms with E-state index in [1.54, 1.807) is 4.68 Å². The van der Waals surface area contributed by atoms with Crippen molar-refractivity contribution in [2.45, 2.75) is 33.7 Å². The number of aryl methyl sites for hydroxylation is 1. The first kappa shape index (κ1) is 14.0. The normalized spacial score (nSPS) is 10.8. The Morgan fingerprint density at radius 1 is 1.40 bits per heavy atom. The molecule has 20 heavy (non-hydrogen) atoms. The molecule has 0 radical (unpaired) electrons. The molecule has 8 heteroatoms. The van der Waals surface area contributed by atoms with Crippen LogP contribution in [0.15, 0.2) is 0 Å². The summed E-state index contributed by atoms with van der Waals surface area (Å²) in [6.07, 6.45) is 0.562. The van der Waals surface area contributed by atoms with Crippen LogP contribution in [0.25, 0.3) is 0 Å². The number of nitrogens with one attached hydrogen (secondary N) is 2. The molecule has 2 rings (SSSR count).